The van der Waals surface area contributed by atoms with E-state index in [9.17, 15) is 36.4 Å². The topological polar surface area (TPSA) is 191 Å². The van der Waals surface area contributed by atoms with Crippen molar-refractivity contribution in [1.82, 2.24) is 34.4 Å². The van der Waals surface area contributed by atoms with Crippen LogP contribution in [0.5, 0.6) is 0 Å². The summed E-state index contributed by atoms with van der Waals surface area (Å²) in [5.41, 5.74) is -0.456. The Balaban J connectivity index is 0.000000504. The molecule has 0 saturated heterocycles. The molecule has 0 aliphatic carbocycles. The summed E-state index contributed by atoms with van der Waals surface area (Å²) in [5.74, 6) is 0.465. The third kappa shape index (κ3) is 9.24. The van der Waals surface area contributed by atoms with Gasteiger partial charge in [0.2, 0.25) is 5.89 Å². The quantitative estimate of drug-likeness (QED) is 0.147. The van der Waals surface area contributed by atoms with Gasteiger partial charge in [0.1, 0.15) is 11.7 Å². The molecule has 1 amide bonds. The molecule has 0 saturated carbocycles. The smallest absolute Gasteiger partial charge is 0.416 e. The molecule has 6 rings (SSSR count). The van der Waals surface area contributed by atoms with E-state index in [2.05, 4.69) is 20.6 Å². The van der Waals surface area contributed by atoms with Gasteiger partial charge >= 0.3 is 17.9 Å². The van der Waals surface area contributed by atoms with Crippen molar-refractivity contribution >= 4 is 16.1 Å². The predicted molar refractivity (Wildman–Crippen MR) is 192 cm³/mol. The number of nitrogens with one attached hydrogen (secondary N) is 1. The van der Waals surface area contributed by atoms with Crippen molar-refractivity contribution in [1.29, 1.82) is 5.26 Å². The van der Waals surface area contributed by atoms with Crippen LogP contribution in [-0.4, -0.2) is 73.7 Å². The minimum absolute atomic E-state index is 0.0741. The summed E-state index contributed by atoms with van der Waals surface area (Å²) in [4.78, 5) is 27.8. The van der Waals surface area contributed by atoms with Gasteiger partial charge in [-0.15, -0.1) is 10.2 Å². The number of aromatic nitrogens is 6. The zero-order valence-electron chi connectivity index (χ0n) is 30.1. The number of alkyl halides is 3. The average molecular weight is 779 g/mol. The van der Waals surface area contributed by atoms with Gasteiger partial charge in [-0.25, -0.2) is 18.8 Å². The number of quaternary nitrogens is 1. The fourth-order valence-corrected chi connectivity index (χ4v) is 5.90. The molecule has 15 nitrogen and oxygen atoms in total. The first-order chi connectivity index (χ1) is 25.8. The molecule has 0 radical (unpaired) electrons. The molecule has 55 heavy (non-hydrogen) atoms. The maximum absolute atomic E-state index is 14.0. The van der Waals surface area contributed by atoms with Gasteiger partial charge in [0, 0.05) is 0 Å². The molecule has 0 aliphatic heterocycles. The standard InChI is InChI=1S/C30H28F3N9O3.C6H6O3S/c1-18(27-38-37-25(45-27)17-42(3,4)5)36-28(43)40-26(24-13-14-35-41(24)22-11-9-20(16-34)10-12-22)19(2)39(29(40)44)23-8-6-7-21(15-23)30(31,32)33;7-10(8,9)6-4-2-1-3-5-6/h6-15,18H,17H2,1-5H3;1-5H,(H,7,8,9)/p+1/t18-;/m0./s1. The van der Waals surface area contributed by atoms with Crippen LogP contribution in [0.2, 0.25) is 0 Å². The van der Waals surface area contributed by atoms with Gasteiger partial charge in [-0.2, -0.15) is 31.9 Å². The van der Waals surface area contributed by atoms with Crippen LogP contribution in [0, 0.1) is 18.3 Å². The lowest BCUT2D eigenvalue weighted by atomic mass is 10.2. The van der Waals surface area contributed by atoms with Crippen molar-refractivity contribution in [3.05, 3.63) is 130 Å². The van der Waals surface area contributed by atoms with Gasteiger partial charge in [-0.3, -0.25) is 9.12 Å². The Hall–Kier alpha value is -6.36. The lowest BCUT2D eigenvalue weighted by molar-refractivity contribution is -0.885. The highest BCUT2D eigenvalue weighted by Gasteiger charge is 2.32. The maximum atomic E-state index is 14.0. The van der Waals surface area contributed by atoms with E-state index in [0.29, 0.717) is 33.9 Å². The second-order valence-corrected chi connectivity index (χ2v) is 14.6. The van der Waals surface area contributed by atoms with E-state index < -0.39 is 39.6 Å². The van der Waals surface area contributed by atoms with Crippen molar-refractivity contribution in [3.8, 4) is 28.8 Å². The molecular weight excluding hydrogens is 744 g/mol. The highest BCUT2D eigenvalue weighted by molar-refractivity contribution is 7.85. The number of rotatable bonds is 8. The third-order valence-electron chi connectivity index (χ3n) is 7.89. The monoisotopic (exact) mass is 778 g/mol. The molecule has 0 fully saturated rings. The molecule has 1 atom stereocenters. The number of carbonyl (C=O) groups is 1. The molecule has 6 aromatic rings. The van der Waals surface area contributed by atoms with E-state index >= 15 is 0 Å². The summed E-state index contributed by atoms with van der Waals surface area (Å²) in [5, 5.41) is 24.3. The summed E-state index contributed by atoms with van der Waals surface area (Å²) in [6.07, 6.45) is -3.20. The van der Waals surface area contributed by atoms with Crippen molar-refractivity contribution in [3.63, 3.8) is 0 Å². The number of carbonyl (C=O) groups excluding carboxylic acids is 1. The summed E-state index contributed by atoms with van der Waals surface area (Å²) >= 11 is 0. The Morgan fingerprint density at radius 2 is 1.67 bits per heavy atom. The minimum atomic E-state index is -4.66. The largest absolute Gasteiger partial charge is 0.418 e. The lowest BCUT2D eigenvalue weighted by Gasteiger charge is -2.21. The zero-order chi connectivity index (χ0) is 40.3. The molecule has 3 aromatic heterocycles. The van der Waals surface area contributed by atoms with Crippen LogP contribution >= 0.6 is 0 Å². The number of nitrogens with zero attached hydrogens (tertiary/aromatic N) is 8. The van der Waals surface area contributed by atoms with Crippen molar-refractivity contribution in [2.75, 3.05) is 21.1 Å². The summed E-state index contributed by atoms with van der Waals surface area (Å²) in [6, 6.07) is 20.0. The average Bonchev–Trinajstić information content (AvgIpc) is 3.85. The number of benzene rings is 3. The minimum Gasteiger partial charge on any atom is -0.418 e. The van der Waals surface area contributed by atoms with Crippen LogP contribution in [0.15, 0.2) is 105 Å². The van der Waals surface area contributed by atoms with Crippen LogP contribution < -0.4 is 11.0 Å². The first kappa shape index (κ1) is 39.8. The van der Waals surface area contributed by atoms with Crippen molar-refractivity contribution in [2.45, 2.75) is 37.5 Å². The van der Waals surface area contributed by atoms with Crippen LogP contribution in [0.25, 0.3) is 22.8 Å². The van der Waals surface area contributed by atoms with Crippen LogP contribution in [0.4, 0.5) is 18.0 Å². The van der Waals surface area contributed by atoms with E-state index in [4.69, 9.17) is 8.97 Å². The van der Waals surface area contributed by atoms with E-state index in [-0.39, 0.29) is 27.9 Å². The normalized spacial score (nSPS) is 12.4. The number of nitriles is 1. The Labute approximate surface area is 312 Å². The molecule has 0 unspecified atom stereocenters. The van der Waals surface area contributed by atoms with E-state index in [1.165, 1.54) is 42.1 Å². The Morgan fingerprint density at radius 1 is 1.00 bits per heavy atom. The van der Waals surface area contributed by atoms with Gasteiger partial charge in [0.15, 0.2) is 6.54 Å². The van der Waals surface area contributed by atoms with Gasteiger partial charge in [0.25, 0.3) is 16.0 Å². The number of imidazole rings is 1. The highest BCUT2D eigenvalue weighted by atomic mass is 32.2. The van der Waals surface area contributed by atoms with Gasteiger partial charge in [0.05, 0.1) is 72.2 Å². The molecule has 2 N–H and O–H groups in total. The van der Waals surface area contributed by atoms with Crippen molar-refractivity contribution < 1.29 is 39.8 Å². The number of hydrogen-bond donors (Lipinski definition) is 2. The maximum Gasteiger partial charge on any atom is 0.416 e. The van der Waals surface area contributed by atoms with Crippen LogP contribution in [-0.2, 0) is 22.8 Å². The first-order valence-corrected chi connectivity index (χ1v) is 17.8. The molecule has 0 bridgehead atoms. The molecule has 286 valence electrons. The van der Waals surface area contributed by atoms with Gasteiger partial charge < -0.3 is 14.2 Å². The lowest BCUT2D eigenvalue weighted by Crippen LogP contribution is -2.38. The number of halogens is 3. The SMILES string of the molecule is Cc1c(-c2ccnn2-c2ccc(C#N)cc2)n(C(=O)N[C@@H](C)c2nnc(C[N+](C)(C)C)o2)c(=O)n1-c1cccc(C(F)(F)F)c1.O=S(=O)(O)c1ccccc1. The molecule has 0 spiro atoms. The van der Waals surface area contributed by atoms with E-state index in [0.717, 1.165) is 21.3 Å². The second-order valence-electron chi connectivity index (χ2n) is 13.2. The van der Waals surface area contributed by atoms with E-state index in [1.54, 1.807) is 55.5 Å². The summed E-state index contributed by atoms with van der Waals surface area (Å²) in [7, 11) is 1.84. The summed E-state index contributed by atoms with van der Waals surface area (Å²) in [6.45, 7) is 3.56. The Kier molecular flexibility index (Phi) is 11.3. The predicted octanol–water partition coefficient (Wildman–Crippen LogP) is 5.53. The highest BCUT2D eigenvalue weighted by Crippen LogP contribution is 2.32. The van der Waals surface area contributed by atoms with Gasteiger partial charge in [-0.05, 0) is 74.5 Å². The molecule has 3 aromatic carbocycles. The first-order valence-electron chi connectivity index (χ1n) is 16.3. The van der Waals surface area contributed by atoms with Gasteiger partial charge in [-0.1, -0.05) is 24.3 Å². The van der Waals surface area contributed by atoms with Crippen LogP contribution in [0.1, 0.15) is 41.6 Å². The molecule has 19 heteroatoms. The van der Waals surface area contributed by atoms with Crippen LogP contribution in [0.3, 0.4) is 0 Å². The van der Waals surface area contributed by atoms with Crippen molar-refractivity contribution in [2.24, 2.45) is 0 Å². The number of hydrogen-bond acceptors (Lipinski definition) is 9. The van der Waals surface area contributed by atoms with E-state index in [1.807, 2.05) is 27.2 Å². The molecular formula is C36H35F3N9O6S+. The third-order valence-corrected chi connectivity index (χ3v) is 8.76. The summed E-state index contributed by atoms with van der Waals surface area (Å²) < 4.78 is 79.7. The Bertz CT molecular complexity index is 2530. The fourth-order valence-electron chi connectivity index (χ4n) is 5.40. The second kappa shape index (κ2) is 15.5. The fraction of sp³-hybridized carbons (Fsp3) is 0.222. The Morgan fingerprint density at radius 3 is 2.25 bits per heavy atom. The zero-order valence-corrected chi connectivity index (χ0v) is 30.9. The molecule has 0 aliphatic rings. The molecule has 3 heterocycles. The number of amides is 1.